The highest BCUT2D eigenvalue weighted by Gasteiger charge is 2.24. The predicted molar refractivity (Wildman–Crippen MR) is 79.2 cm³/mol. The van der Waals surface area contributed by atoms with Crippen LogP contribution in [0.2, 0.25) is 0 Å². The Morgan fingerprint density at radius 3 is 2.68 bits per heavy atom. The minimum Gasteiger partial charge on any atom is -0.326 e. The van der Waals surface area contributed by atoms with Crippen LogP contribution in [0.4, 0.5) is 5.69 Å². The SMILES string of the molecule is CCCc1ccc(NC(=O)C2CNCC(C)C2)cc1. The van der Waals surface area contributed by atoms with Crippen LogP contribution in [0, 0.1) is 11.8 Å². The molecule has 1 aliphatic heterocycles. The Kier molecular flexibility index (Phi) is 4.97. The third-order valence-corrected chi connectivity index (χ3v) is 3.70. The van der Waals surface area contributed by atoms with Gasteiger partial charge in [-0.1, -0.05) is 32.4 Å². The van der Waals surface area contributed by atoms with Crippen molar-refractivity contribution in [3.05, 3.63) is 29.8 Å². The Balaban J connectivity index is 1.90. The van der Waals surface area contributed by atoms with Gasteiger partial charge in [0.2, 0.25) is 5.91 Å². The highest BCUT2D eigenvalue weighted by molar-refractivity contribution is 5.92. The van der Waals surface area contributed by atoms with E-state index in [0.29, 0.717) is 5.92 Å². The molecule has 1 aromatic carbocycles. The average Bonchev–Trinajstić information content (AvgIpc) is 2.41. The summed E-state index contributed by atoms with van der Waals surface area (Å²) in [6.45, 7) is 6.18. The molecule has 0 aliphatic carbocycles. The number of hydrogen-bond donors (Lipinski definition) is 2. The molecule has 0 spiro atoms. The van der Waals surface area contributed by atoms with Crippen LogP contribution in [0.1, 0.15) is 32.3 Å². The summed E-state index contributed by atoms with van der Waals surface area (Å²) in [5.41, 5.74) is 2.23. The summed E-state index contributed by atoms with van der Waals surface area (Å²) in [5.74, 6) is 0.817. The summed E-state index contributed by atoms with van der Waals surface area (Å²) in [5, 5.41) is 6.34. The van der Waals surface area contributed by atoms with Crippen LogP contribution in [0.5, 0.6) is 0 Å². The molecule has 2 unspecified atom stereocenters. The van der Waals surface area contributed by atoms with Gasteiger partial charge < -0.3 is 10.6 Å². The number of amides is 1. The third kappa shape index (κ3) is 4.06. The molecule has 0 radical (unpaired) electrons. The molecule has 104 valence electrons. The second-order valence-corrected chi connectivity index (χ2v) is 5.63. The van der Waals surface area contributed by atoms with Crippen LogP contribution in [0.15, 0.2) is 24.3 Å². The van der Waals surface area contributed by atoms with E-state index in [4.69, 9.17) is 0 Å². The van der Waals surface area contributed by atoms with Gasteiger partial charge in [-0.3, -0.25) is 4.79 Å². The molecule has 1 aromatic rings. The Hall–Kier alpha value is -1.35. The van der Waals surface area contributed by atoms with Gasteiger partial charge in [-0.2, -0.15) is 0 Å². The van der Waals surface area contributed by atoms with Crippen molar-refractivity contribution in [3.63, 3.8) is 0 Å². The lowest BCUT2D eigenvalue weighted by Gasteiger charge is -2.26. The van der Waals surface area contributed by atoms with Gasteiger partial charge in [0, 0.05) is 12.2 Å². The number of aryl methyl sites for hydroxylation is 1. The van der Waals surface area contributed by atoms with Crippen molar-refractivity contribution < 1.29 is 4.79 Å². The number of piperidine rings is 1. The molecule has 0 bridgehead atoms. The van der Waals surface area contributed by atoms with Crippen molar-refractivity contribution in [2.75, 3.05) is 18.4 Å². The zero-order valence-electron chi connectivity index (χ0n) is 11.9. The van der Waals surface area contributed by atoms with Gasteiger partial charge in [-0.15, -0.1) is 0 Å². The molecule has 3 nitrogen and oxygen atoms in total. The average molecular weight is 260 g/mol. The summed E-state index contributed by atoms with van der Waals surface area (Å²) >= 11 is 0. The maximum Gasteiger partial charge on any atom is 0.228 e. The lowest BCUT2D eigenvalue weighted by Crippen LogP contribution is -2.40. The maximum atomic E-state index is 12.2. The molecule has 0 saturated carbocycles. The van der Waals surface area contributed by atoms with Crippen LogP contribution in [-0.4, -0.2) is 19.0 Å². The minimum absolute atomic E-state index is 0.0964. The van der Waals surface area contributed by atoms with Crippen molar-refractivity contribution in [3.8, 4) is 0 Å². The Morgan fingerprint density at radius 1 is 1.32 bits per heavy atom. The van der Waals surface area contributed by atoms with Gasteiger partial charge in [0.25, 0.3) is 0 Å². The number of hydrogen-bond acceptors (Lipinski definition) is 2. The first kappa shape index (κ1) is 14.1. The fourth-order valence-corrected chi connectivity index (χ4v) is 2.64. The molecule has 2 rings (SSSR count). The van der Waals surface area contributed by atoms with Crippen LogP contribution in [-0.2, 0) is 11.2 Å². The molecular formula is C16H24N2O. The summed E-state index contributed by atoms with van der Waals surface area (Å²) in [4.78, 5) is 12.2. The molecule has 1 saturated heterocycles. The zero-order valence-corrected chi connectivity index (χ0v) is 11.9. The summed E-state index contributed by atoms with van der Waals surface area (Å²) < 4.78 is 0. The number of rotatable bonds is 4. The highest BCUT2D eigenvalue weighted by atomic mass is 16.1. The molecule has 0 aromatic heterocycles. The number of nitrogens with one attached hydrogen (secondary N) is 2. The summed E-state index contributed by atoms with van der Waals surface area (Å²) in [7, 11) is 0. The van der Waals surface area contributed by atoms with Gasteiger partial charge in [-0.25, -0.2) is 0 Å². The first-order valence-corrected chi connectivity index (χ1v) is 7.29. The number of benzene rings is 1. The largest absolute Gasteiger partial charge is 0.326 e. The third-order valence-electron chi connectivity index (χ3n) is 3.70. The maximum absolute atomic E-state index is 12.2. The van der Waals surface area contributed by atoms with Crippen molar-refractivity contribution >= 4 is 11.6 Å². The Labute approximate surface area is 115 Å². The molecule has 3 heteroatoms. The van der Waals surface area contributed by atoms with E-state index in [1.165, 1.54) is 5.56 Å². The highest BCUT2D eigenvalue weighted by Crippen LogP contribution is 2.18. The van der Waals surface area contributed by atoms with E-state index in [-0.39, 0.29) is 11.8 Å². The predicted octanol–water partition coefficient (Wildman–Crippen LogP) is 2.82. The first-order chi connectivity index (χ1) is 9.19. The lowest BCUT2D eigenvalue weighted by atomic mass is 9.91. The molecule has 1 fully saturated rings. The quantitative estimate of drug-likeness (QED) is 0.874. The molecule has 1 aliphatic rings. The van der Waals surface area contributed by atoms with Crippen molar-refractivity contribution in [1.82, 2.24) is 5.32 Å². The number of anilines is 1. The molecule has 19 heavy (non-hydrogen) atoms. The molecule has 1 heterocycles. The smallest absolute Gasteiger partial charge is 0.228 e. The molecular weight excluding hydrogens is 236 g/mol. The van der Waals surface area contributed by atoms with E-state index in [1.54, 1.807) is 0 Å². The normalized spacial score (nSPS) is 23.1. The number of carbonyl (C=O) groups is 1. The summed E-state index contributed by atoms with van der Waals surface area (Å²) in [6.07, 6.45) is 3.22. The Bertz CT molecular complexity index is 413. The standard InChI is InChI=1S/C16H24N2O/c1-3-4-13-5-7-15(8-6-13)18-16(19)14-9-12(2)10-17-11-14/h5-8,12,14,17H,3-4,9-11H2,1-2H3,(H,18,19). The number of carbonyl (C=O) groups excluding carboxylic acids is 1. The second kappa shape index (κ2) is 6.71. The van der Waals surface area contributed by atoms with Crippen molar-refractivity contribution in [1.29, 1.82) is 0 Å². The summed E-state index contributed by atoms with van der Waals surface area (Å²) in [6, 6.07) is 8.20. The van der Waals surface area contributed by atoms with Crippen molar-refractivity contribution in [2.45, 2.75) is 33.1 Å². The van der Waals surface area contributed by atoms with E-state index in [0.717, 1.165) is 38.0 Å². The van der Waals surface area contributed by atoms with E-state index < -0.39 is 0 Å². The molecule has 1 amide bonds. The van der Waals surface area contributed by atoms with E-state index in [1.807, 2.05) is 12.1 Å². The van der Waals surface area contributed by atoms with E-state index in [2.05, 4.69) is 36.6 Å². The topological polar surface area (TPSA) is 41.1 Å². The van der Waals surface area contributed by atoms with Gasteiger partial charge in [-0.05, 0) is 43.0 Å². The minimum atomic E-state index is 0.0964. The van der Waals surface area contributed by atoms with Gasteiger partial charge >= 0.3 is 0 Å². The second-order valence-electron chi connectivity index (χ2n) is 5.63. The van der Waals surface area contributed by atoms with E-state index >= 15 is 0 Å². The van der Waals surface area contributed by atoms with Crippen LogP contribution < -0.4 is 10.6 Å². The Morgan fingerprint density at radius 2 is 2.05 bits per heavy atom. The molecule has 2 N–H and O–H groups in total. The van der Waals surface area contributed by atoms with Crippen LogP contribution >= 0.6 is 0 Å². The van der Waals surface area contributed by atoms with Gasteiger partial charge in [0.05, 0.1) is 5.92 Å². The van der Waals surface area contributed by atoms with Gasteiger partial charge in [0.15, 0.2) is 0 Å². The fourth-order valence-electron chi connectivity index (χ4n) is 2.64. The van der Waals surface area contributed by atoms with Crippen molar-refractivity contribution in [2.24, 2.45) is 11.8 Å². The van der Waals surface area contributed by atoms with Crippen LogP contribution in [0.3, 0.4) is 0 Å². The fraction of sp³-hybridized carbons (Fsp3) is 0.562. The van der Waals surface area contributed by atoms with E-state index in [9.17, 15) is 4.79 Å². The monoisotopic (exact) mass is 260 g/mol. The van der Waals surface area contributed by atoms with Crippen LogP contribution in [0.25, 0.3) is 0 Å². The zero-order chi connectivity index (χ0) is 13.7. The first-order valence-electron chi connectivity index (χ1n) is 7.29. The van der Waals surface area contributed by atoms with Gasteiger partial charge in [0.1, 0.15) is 0 Å². The molecule has 2 atom stereocenters. The lowest BCUT2D eigenvalue weighted by molar-refractivity contribution is -0.120.